The normalized spacial score (nSPS) is 15.2. The lowest BCUT2D eigenvalue weighted by atomic mass is 10.2. The minimum atomic E-state index is -0.386. The quantitative estimate of drug-likeness (QED) is 0.765. The third-order valence-corrected chi connectivity index (χ3v) is 4.42. The van der Waals surface area contributed by atoms with Gasteiger partial charge in [-0.1, -0.05) is 36.3 Å². The Bertz CT molecular complexity index is 928. The summed E-state index contributed by atoms with van der Waals surface area (Å²) >= 11 is 0. The molecule has 124 valence electrons. The predicted octanol–water partition coefficient (Wildman–Crippen LogP) is 2.06. The minimum absolute atomic E-state index is 0.138. The van der Waals surface area contributed by atoms with Gasteiger partial charge in [-0.2, -0.15) is 5.10 Å². The topological polar surface area (TPSA) is 88.5 Å². The van der Waals surface area contributed by atoms with Gasteiger partial charge in [0.05, 0.1) is 6.54 Å². The van der Waals surface area contributed by atoms with E-state index >= 15 is 0 Å². The van der Waals surface area contributed by atoms with Gasteiger partial charge in [0.2, 0.25) is 0 Å². The summed E-state index contributed by atoms with van der Waals surface area (Å²) < 4.78 is 15.3. The van der Waals surface area contributed by atoms with E-state index in [1.807, 2.05) is 0 Å². The molecule has 0 aliphatic heterocycles. The molecule has 4 rings (SSSR count). The molecule has 3 aromatic rings. The fraction of sp³-hybridized carbons (Fsp3) is 0.375. The van der Waals surface area contributed by atoms with E-state index in [0.717, 1.165) is 12.8 Å². The average Bonchev–Trinajstić information content (AvgIpc) is 3.23. The van der Waals surface area contributed by atoms with Gasteiger partial charge in [-0.25, -0.2) is 14.2 Å². The Morgan fingerprint density at radius 2 is 2.08 bits per heavy atom. The van der Waals surface area contributed by atoms with Gasteiger partial charge in [-0.3, -0.25) is 4.79 Å². The molecule has 8 heteroatoms. The summed E-state index contributed by atoms with van der Waals surface area (Å²) in [6.07, 6.45) is 4.52. The van der Waals surface area contributed by atoms with Crippen molar-refractivity contribution in [2.24, 2.45) is 0 Å². The summed E-state index contributed by atoms with van der Waals surface area (Å²) in [5, 5.41) is 18.0. The number of aromatic amines is 1. The zero-order valence-electron chi connectivity index (χ0n) is 13.0. The standard InChI is InChI=1S/C16H17FN6O/c17-12-8-4-1-5-10(12)9-23-14-13(19-22-23)15(20-21-16(14)24)18-11-6-2-3-7-11/h1,4-5,8,11H,2-3,6-7,9H2,(H,18,20)(H,21,24). The second kappa shape index (κ2) is 6.03. The van der Waals surface area contributed by atoms with E-state index < -0.39 is 0 Å². The maximum atomic E-state index is 13.9. The molecule has 1 aliphatic rings. The highest BCUT2D eigenvalue weighted by atomic mass is 19.1. The molecule has 1 fully saturated rings. The zero-order valence-corrected chi connectivity index (χ0v) is 13.0. The third kappa shape index (κ3) is 2.64. The van der Waals surface area contributed by atoms with Crippen molar-refractivity contribution in [2.45, 2.75) is 38.3 Å². The van der Waals surface area contributed by atoms with Crippen molar-refractivity contribution in [1.29, 1.82) is 0 Å². The summed E-state index contributed by atoms with van der Waals surface area (Å²) in [5.74, 6) is 0.187. The van der Waals surface area contributed by atoms with Crippen LogP contribution in [0, 0.1) is 5.82 Å². The van der Waals surface area contributed by atoms with Gasteiger partial charge in [0.15, 0.2) is 16.9 Å². The Balaban J connectivity index is 1.72. The molecule has 0 radical (unpaired) electrons. The first-order chi connectivity index (χ1) is 11.7. The Morgan fingerprint density at radius 3 is 2.88 bits per heavy atom. The van der Waals surface area contributed by atoms with Gasteiger partial charge in [-0.15, -0.1) is 5.10 Å². The van der Waals surface area contributed by atoms with Crippen molar-refractivity contribution in [2.75, 3.05) is 5.32 Å². The maximum absolute atomic E-state index is 13.9. The molecular formula is C16H17FN6O. The molecule has 1 saturated carbocycles. The van der Waals surface area contributed by atoms with Crippen molar-refractivity contribution < 1.29 is 4.39 Å². The van der Waals surface area contributed by atoms with E-state index in [-0.39, 0.29) is 17.9 Å². The highest BCUT2D eigenvalue weighted by Gasteiger charge is 2.20. The fourth-order valence-electron chi connectivity index (χ4n) is 3.17. The molecule has 0 amide bonds. The molecule has 1 aromatic carbocycles. The number of aromatic nitrogens is 5. The first-order valence-corrected chi connectivity index (χ1v) is 8.04. The molecule has 0 atom stereocenters. The third-order valence-electron chi connectivity index (χ3n) is 4.42. The Hall–Kier alpha value is -2.77. The van der Waals surface area contributed by atoms with E-state index in [9.17, 15) is 9.18 Å². The summed E-state index contributed by atoms with van der Waals surface area (Å²) in [6, 6.07) is 6.75. The summed E-state index contributed by atoms with van der Waals surface area (Å²) in [5.41, 5.74) is 0.782. The van der Waals surface area contributed by atoms with Crippen molar-refractivity contribution in [3.8, 4) is 0 Å². The largest absolute Gasteiger partial charge is 0.364 e. The van der Waals surface area contributed by atoms with Crippen molar-refractivity contribution in [3.63, 3.8) is 0 Å². The second-order valence-corrected chi connectivity index (χ2v) is 6.06. The maximum Gasteiger partial charge on any atom is 0.292 e. The summed E-state index contributed by atoms with van der Waals surface area (Å²) in [6.45, 7) is 0.138. The Labute approximate surface area is 136 Å². The molecule has 24 heavy (non-hydrogen) atoms. The number of benzene rings is 1. The highest BCUT2D eigenvalue weighted by Crippen LogP contribution is 2.23. The Morgan fingerprint density at radius 1 is 1.29 bits per heavy atom. The smallest absolute Gasteiger partial charge is 0.292 e. The molecule has 2 N–H and O–H groups in total. The lowest BCUT2D eigenvalue weighted by Crippen LogP contribution is -2.20. The van der Waals surface area contributed by atoms with Crippen LogP contribution in [0.15, 0.2) is 29.1 Å². The van der Waals surface area contributed by atoms with Crippen LogP contribution in [-0.2, 0) is 6.54 Å². The van der Waals surface area contributed by atoms with Crippen LogP contribution < -0.4 is 10.9 Å². The van der Waals surface area contributed by atoms with Crippen molar-refractivity contribution >= 4 is 16.9 Å². The summed E-state index contributed by atoms with van der Waals surface area (Å²) in [7, 11) is 0. The van der Waals surface area contributed by atoms with Crippen LogP contribution in [0.25, 0.3) is 11.0 Å². The van der Waals surface area contributed by atoms with Gasteiger partial charge in [-0.05, 0) is 18.9 Å². The number of H-pyrrole nitrogens is 1. The van der Waals surface area contributed by atoms with Crippen LogP contribution in [0.4, 0.5) is 10.2 Å². The van der Waals surface area contributed by atoms with E-state index in [4.69, 9.17) is 0 Å². The number of anilines is 1. The van der Waals surface area contributed by atoms with Crippen LogP contribution in [0.1, 0.15) is 31.2 Å². The lowest BCUT2D eigenvalue weighted by molar-refractivity contribution is 0.583. The van der Waals surface area contributed by atoms with Crippen LogP contribution in [0.3, 0.4) is 0 Å². The first-order valence-electron chi connectivity index (χ1n) is 8.04. The molecule has 0 bridgehead atoms. The van der Waals surface area contributed by atoms with Gasteiger partial charge >= 0.3 is 0 Å². The fourth-order valence-corrected chi connectivity index (χ4v) is 3.17. The van der Waals surface area contributed by atoms with E-state index in [2.05, 4.69) is 25.8 Å². The number of nitrogens with one attached hydrogen (secondary N) is 2. The average molecular weight is 328 g/mol. The van der Waals surface area contributed by atoms with Gasteiger partial charge < -0.3 is 5.32 Å². The predicted molar refractivity (Wildman–Crippen MR) is 87.3 cm³/mol. The zero-order chi connectivity index (χ0) is 16.5. The van der Waals surface area contributed by atoms with E-state index in [1.165, 1.54) is 23.6 Å². The number of fused-ring (bicyclic) bond motifs is 1. The number of halogens is 1. The van der Waals surface area contributed by atoms with Gasteiger partial charge in [0.1, 0.15) is 5.82 Å². The number of hydrogen-bond acceptors (Lipinski definition) is 5. The van der Waals surface area contributed by atoms with Crippen LogP contribution in [-0.4, -0.2) is 31.2 Å². The molecular weight excluding hydrogens is 311 g/mol. The van der Waals surface area contributed by atoms with Crippen LogP contribution >= 0.6 is 0 Å². The van der Waals surface area contributed by atoms with Gasteiger partial charge in [0.25, 0.3) is 5.56 Å². The van der Waals surface area contributed by atoms with Crippen molar-refractivity contribution in [1.82, 2.24) is 25.2 Å². The first kappa shape index (κ1) is 14.8. The molecule has 2 aromatic heterocycles. The van der Waals surface area contributed by atoms with Crippen molar-refractivity contribution in [3.05, 3.63) is 46.0 Å². The van der Waals surface area contributed by atoms with Crippen LogP contribution in [0.2, 0.25) is 0 Å². The molecule has 1 aliphatic carbocycles. The van der Waals surface area contributed by atoms with Crippen LogP contribution in [0.5, 0.6) is 0 Å². The minimum Gasteiger partial charge on any atom is -0.364 e. The molecule has 0 spiro atoms. The second-order valence-electron chi connectivity index (χ2n) is 6.06. The number of nitrogens with zero attached hydrogens (tertiary/aromatic N) is 4. The van der Waals surface area contributed by atoms with E-state index in [0.29, 0.717) is 28.5 Å². The molecule has 7 nitrogen and oxygen atoms in total. The molecule has 0 unspecified atom stereocenters. The number of rotatable bonds is 4. The number of hydrogen-bond donors (Lipinski definition) is 2. The highest BCUT2D eigenvalue weighted by molar-refractivity contribution is 5.84. The molecule has 0 saturated heterocycles. The molecule has 2 heterocycles. The van der Waals surface area contributed by atoms with Gasteiger partial charge in [0, 0.05) is 11.6 Å². The SMILES string of the molecule is O=c1[nH]nc(NC2CCCC2)c2nnn(Cc3ccccc3F)c12. The summed E-state index contributed by atoms with van der Waals surface area (Å²) in [4.78, 5) is 12.2. The monoisotopic (exact) mass is 328 g/mol. The lowest BCUT2D eigenvalue weighted by Gasteiger charge is -2.12. The van der Waals surface area contributed by atoms with E-state index in [1.54, 1.807) is 18.2 Å². The Kier molecular flexibility index (Phi) is 3.72.